The van der Waals surface area contributed by atoms with Crippen molar-refractivity contribution in [2.45, 2.75) is 135 Å². The summed E-state index contributed by atoms with van der Waals surface area (Å²) < 4.78 is 34.9. The maximum atomic E-state index is 12.5. The first-order chi connectivity index (χ1) is 20.8. The number of fused-ring (bicyclic) bond motifs is 5. The molecule has 246 valence electrons. The molecule has 2 heterocycles. The third-order valence-electron chi connectivity index (χ3n) is 12.9. The number of ether oxygens (including phenoxy) is 6. The number of methoxy groups -OCH3 is 1. The number of hydrogen-bond donors (Lipinski definition) is 1. The molecule has 1 saturated heterocycles. The molecule has 5 fully saturated rings. The van der Waals surface area contributed by atoms with Crippen LogP contribution in [-0.4, -0.2) is 79.1 Å². The topological polar surface area (TPSA) is 127 Å². The van der Waals surface area contributed by atoms with Gasteiger partial charge < -0.3 is 33.5 Å². The molecule has 0 aromatic rings. The molecule has 0 unspecified atom stereocenters. The minimum absolute atomic E-state index is 0.0812. The van der Waals surface area contributed by atoms with E-state index >= 15 is 0 Å². The van der Waals surface area contributed by atoms with Gasteiger partial charge in [0.05, 0.1) is 17.8 Å². The van der Waals surface area contributed by atoms with Gasteiger partial charge in [0.2, 0.25) is 0 Å². The number of cyclic esters (lactones) is 1. The Morgan fingerprint density at radius 2 is 1.66 bits per heavy atom. The molecule has 4 saturated carbocycles. The molecular formula is C34H50O10. The zero-order valence-corrected chi connectivity index (χ0v) is 27.0. The highest BCUT2D eigenvalue weighted by atomic mass is 16.7. The number of aliphatic hydroxyl groups is 1. The van der Waals surface area contributed by atoms with E-state index in [2.05, 4.69) is 13.8 Å². The maximum absolute atomic E-state index is 12.5. The summed E-state index contributed by atoms with van der Waals surface area (Å²) in [6.45, 7) is 9.52. The summed E-state index contributed by atoms with van der Waals surface area (Å²) >= 11 is 0. The van der Waals surface area contributed by atoms with Crippen LogP contribution in [0.3, 0.4) is 0 Å². The Labute approximate surface area is 260 Å². The highest BCUT2D eigenvalue weighted by Crippen LogP contribution is 2.70. The van der Waals surface area contributed by atoms with Crippen LogP contribution in [-0.2, 0) is 42.8 Å². The van der Waals surface area contributed by atoms with E-state index in [0.29, 0.717) is 18.4 Å². The molecule has 44 heavy (non-hydrogen) atoms. The van der Waals surface area contributed by atoms with Crippen LogP contribution >= 0.6 is 0 Å². The first-order valence-electron chi connectivity index (χ1n) is 16.6. The lowest BCUT2D eigenvalue weighted by Gasteiger charge is -2.64. The van der Waals surface area contributed by atoms with Crippen LogP contribution in [0.1, 0.15) is 92.4 Å². The average molecular weight is 619 g/mol. The van der Waals surface area contributed by atoms with Gasteiger partial charge in [-0.1, -0.05) is 13.8 Å². The summed E-state index contributed by atoms with van der Waals surface area (Å²) in [7, 11) is 1.50. The SMILES string of the molecule is CO[C@H]1[C@H](OC(C)=O)[C@H](O[C@H]2CC[C@@]3(C)[C@H](CC[C@H]4[C@H]3CC[C@]3(C)[C@H](C5=CC(=O)OC5)CC[C@@]43O)C2)O[C@@H](C)[C@@H]1OC(C)=O. The van der Waals surface area contributed by atoms with Gasteiger partial charge in [0.1, 0.15) is 12.7 Å². The minimum Gasteiger partial charge on any atom is -0.458 e. The predicted molar refractivity (Wildman–Crippen MR) is 157 cm³/mol. The van der Waals surface area contributed by atoms with Gasteiger partial charge in [-0.15, -0.1) is 0 Å². The van der Waals surface area contributed by atoms with Gasteiger partial charge in [-0.25, -0.2) is 4.79 Å². The average Bonchev–Trinajstić information content (AvgIpc) is 3.50. The van der Waals surface area contributed by atoms with Crippen LogP contribution in [0.5, 0.6) is 0 Å². The van der Waals surface area contributed by atoms with Crippen LogP contribution in [0, 0.1) is 34.5 Å². The lowest BCUT2D eigenvalue weighted by Crippen LogP contribution is -2.63. The van der Waals surface area contributed by atoms with Gasteiger partial charge in [-0.3, -0.25) is 9.59 Å². The molecule has 4 aliphatic carbocycles. The lowest BCUT2D eigenvalue weighted by molar-refractivity contribution is -0.317. The molecule has 0 aromatic heterocycles. The largest absolute Gasteiger partial charge is 0.458 e. The van der Waals surface area contributed by atoms with E-state index in [-0.39, 0.29) is 34.7 Å². The Balaban J connectivity index is 1.16. The number of carbonyl (C=O) groups is 3. The quantitative estimate of drug-likeness (QED) is 0.262. The standard InChI is InChI=1S/C34H50O10/c1-18-28(42-19(2)35)29(39-6)30(43-20(3)36)31(41-18)44-23-9-12-32(4)22(16-23)7-8-26-25(32)10-13-33(5)24(11-14-34(26,33)38)21-15-27(37)40-17-21/h15,18,22-26,28-31,38H,7-14,16-17H2,1-6H3/t18-,22+,23-,24-,25+,26-,28-,29+,30-,31-,32-,33+,34+/m0/s1. The van der Waals surface area contributed by atoms with Crippen molar-refractivity contribution in [2.75, 3.05) is 13.7 Å². The van der Waals surface area contributed by atoms with E-state index < -0.39 is 48.2 Å². The predicted octanol–water partition coefficient (Wildman–Crippen LogP) is 4.25. The molecule has 0 amide bonds. The van der Waals surface area contributed by atoms with Crippen LogP contribution in [0.2, 0.25) is 0 Å². The summed E-state index contributed by atoms with van der Waals surface area (Å²) in [5.41, 5.74) is 0.159. The van der Waals surface area contributed by atoms with Crippen LogP contribution in [0.15, 0.2) is 11.6 Å². The Hall–Kier alpha value is -2.01. The third-order valence-corrected chi connectivity index (χ3v) is 12.9. The first kappa shape index (κ1) is 32.0. The van der Waals surface area contributed by atoms with E-state index in [4.69, 9.17) is 28.4 Å². The van der Waals surface area contributed by atoms with Crippen molar-refractivity contribution in [3.05, 3.63) is 11.6 Å². The Kier molecular flexibility index (Phi) is 8.46. The number of rotatable bonds is 6. The zero-order valence-electron chi connectivity index (χ0n) is 27.0. The van der Waals surface area contributed by atoms with Crippen LogP contribution in [0.25, 0.3) is 0 Å². The lowest BCUT2D eigenvalue weighted by atomic mass is 9.43. The number of hydrogen-bond acceptors (Lipinski definition) is 10. The summed E-state index contributed by atoms with van der Waals surface area (Å²) in [5.74, 6) is 0.0897. The number of esters is 3. The molecule has 6 aliphatic rings. The van der Waals surface area contributed by atoms with Gasteiger partial charge in [-0.2, -0.15) is 0 Å². The molecule has 10 nitrogen and oxygen atoms in total. The molecular weight excluding hydrogens is 568 g/mol. The van der Waals surface area contributed by atoms with Crippen molar-refractivity contribution in [3.63, 3.8) is 0 Å². The molecule has 0 bridgehead atoms. The normalized spacial score (nSPS) is 48.3. The van der Waals surface area contributed by atoms with E-state index in [1.165, 1.54) is 21.0 Å². The van der Waals surface area contributed by atoms with Gasteiger partial charge in [-0.05, 0) is 99.4 Å². The van der Waals surface area contributed by atoms with Crippen LogP contribution in [0.4, 0.5) is 0 Å². The fourth-order valence-corrected chi connectivity index (χ4v) is 10.7. The smallest absolute Gasteiger partial charge is 0.331 e. The van der Waals surface area contributed by atoms with Crippen molar-refractivity contribution in [1.29, 1.82) is 0 Å². The van der Waals surface area contributed by atoms with E-state index in [1.54, 1.807) is 6.08 Å². The van der Waals surface area contributed by atoms with Crippen molar-refractivity contribution < 1.29 is 47.9 Å². The number of carbonyl (C=O) groups excluding carboxylic acids is 3. The van der Waals surface area contributed by atoms with Gasteiger partial charge in [0.25, 0.3) is 0 Å². The third kappa shape index (κ3) is 5.12. The van der Waals surface area contributed by atoms with E-state index in [1.807, 2.05) is 6.92 Å². The molecule has 10 heteroatoms. The van der Waals surface area contributed by atoms with Crippen molar-refractivity contribution >= 4 is 17.9 Å². The second-order valence-corrected chi connectivity index (χ2v) is 14.9. The summed E-state index contributed by atoms with van der Waals surface area (Å²) in [6, 6.07) is 0. The molecule has 13 atom stereocenters. The Morgan fingerprint density at radius 3 is 2.32 bits per heavy atom. The van der Waals surface area contributed by atoms with E-state index in [9.17, 15) is 19.5 Å². The second-order valence-electron chi connectivity index (χ2n) is 14.9. The summed E-state index contributed by atoms with van der Waals surface area (Å²) in [5, 5.41) is 12.5. The highest BCUT2D eigenvalue weighted by Gasteiger charge is 2.68. The maximum Gasteiger partial charge on any atom is 0.331 e. The van der Waals surface area contributed by atoms with Crippen molar-refractivity contribution in [1.82, 2.24) is 0 Å². The Morgan fingerprint density at radius 1 is 0.932 bits per heavy atom. The van der Waals surface area contributed by atoms with Crippen molar-refractivity contribution in [2.24, 2.45) is 34.5 Å². The first-order valence-corrected chi connectivity index (χ1v) is 16.6. The molecule has 2 aliphatic heterocycles. The van der Waals surface area contributed by atoms with Crippen molar-refractivity contribution in [3.8, 4) is 0 Å². The van der Waals surface area contributed by atoms with Gasteiger partial charge in [0, 0.05) is 32.4 Å². The summed E-state index contributed by atoms with van der Waals surface area (Å²) in [6.07, 6.45) is 6.29. The summed E-state index contributed by atoms with van der Waals surface area (Å²) in [4.78, 5) is 35.7. The molecule has 0 radical (unpaired) electrons. The molecule has 0 aromatic carbocycles. The van der Waals surface area contributed by atoms with E-state index in [0.717, 1.165) is 63.4 Å². The second kappa shape index (κ2) is 11.7. The fraction of sp³-hybridized carbons (Fsp3) is 0.853. The highest BCUT2D eigenvalue weighted by molar-refractivity contribution is 5.85. The minimum atomic E-state index is -0.877. The molecule has 6 rings (SSSR count). The monoisotopic (exact) mass is 618 g/mol. The Bertz CT molecular complexity index is 1180. The molecule has 0 spiro atoms. The zero-order chi connectivity index (χ0) is 31.6. The molecule has 1 N–H and O–H groups in total. The van der Waals surface area contributed by atoms with Gasteiger partial charge >= 0.3 is 17.9 Å². The van der Waals surface area contributed by atoms with Gasteiger partial charge in [0.15, 0.2) is 18.5 Å². The fourth-order valence-electron chi connectivity index (χ4n) is 10.7. The van der Waals surface area contributed by atoms with Crippen LogP contribution < -0.4 is 0 Å².